The first kappa shape index (κ1) is 16.4. The fourth-order valence-electron chi connectivity index (χ4n) is 2.19. The van der Waals surface area contributed by atoms with Gasteiger partial charge in [0.05, 0.1) is 11.3 Å². The van der Waals surface area contributed by atoms with Crippen molar-refractivity contribution in [3.05, 3.63) is 29.6 Å². The molecule has 1 amide bonds. The summed E-state index contributed by atoms with van der Waals surface area (Å²) in [5.74, 6) is 4.37. The molecule has 0 heterocycles. The Morgan fingerprint density at radius 3 is 2.60 bits per heavy atom. The van der Waals surface area contributed by atoms with Crippen LogP contribution in [0.5, 0.6) is 0 Å². The highest BCUT2D eigenvalue weighted by molar-refractivity contribution is 5.99. The smallest absolute Gasteiger partial charge is 0.253 e. The number of hydrazine groups is 1. The predicted molar refractivity (Wildman–Crippen MR) is 78.9 cm³/mol. The van der Waals surface area contributed by atoms with Crippen molar-refractivity contribution in [2.24, 2.45) is 11.3 Å². The van der Waals surface area contributed by atoms with Crippen LogP contribution < -0.4 is 16.6 Å². The summed E-state index contributed by atoms with van der Waals surface area (Å²) >= 11 is 0. The highest BCUT2D eigenvalue weighted by Gasteiger charge is 2.21. The topological polar surface area (TPSA) is 70.4 Å². The zero-order valence-corrected chi connectivity index (χ0v) is 12.5. The molecule has 0 atom stereocenters. The van der Waals surface area contributed by atoms with Gasteiger partial charge in [0, 0.05) is 13.1 Å². The van der Waals surface area contributed by atoms with Crippen molar-refractivity contribution in [2.75, 3.05) is 32.6 Å². The molecule has 1 rings (SSSR count). The first-order valence-electron chi connectivity index (χ1n) is 6.45. The van der Waals surface area contributed by atoms with E-state index in [0.717, 1.165) is 6.54 Å². The van der Waals surface area contributed by atoms with Crippen LogP contribution in [0, 0.1) is 11.2 Å². The molecule has 20 heavy (non-hydrogen) atoms. The molecule has 0 aliphatic carbocycles. The third-order valence-corrected chi connectivity index (χ3v) is 2.87. The van der Waals surface area contributed by atoms with E-state index in [1.54, 1.807) is 0 Å². The third kappa shape index (κ3) is 4.47. The van der Waals surface area contributed by atoms with Gasteiger partial charge in [0.25, 0.3) is 5.91 Å². The zero-order chi connectivity index (χ0) is 15.3. The Balaban J connectivity index is 2.75. The number of benzene rings is 1. The normalized spacial score (nSPS) is 11.6. The molecular formula is C14H23FN4O. The Hall–Kier alpha value is -1.66. The van der Waals surface area contributed by atoms with E-state index in [-0.39, 0.29) is 22.6 Å². The number of carbonyl (C=O) groups is 1. The van der Waals surface area contributed by atoms with Gasteiger partial charge in [0.15, 0.2) is 0 Å². The van der Waals surface area contributed by atoms with Gasteiger partial charge in [-0.05, 0) is 31.6 Å². The summed E-state index contributed by atoms with van der Waals surface area (Å²) in [6.45, 7) is 5.44. The molecule has 1 aromatic rings. The summed E-state index contributed by atoms with van der Waals surface area (Å²) in [6, 6.07) is 4.27. The minimum atomic E-state index is -0.548. The first-order valence-corrected chi connectivity index (χ1v) is 6.45. The molecule has 1 aromatic carbocycles. The van der Waals surface area contributed by atoms with Gasteiger partial charge in [-0.25, -0.2) is 4.39 Å². The molecule has 0 fully saturated rings. The van der Waals surface area contributed by atoms with E-state index >= 15 is 0 Å². The van der Waals surface area contributed by atoms with Crippen molar-refractivity contribution in [3.63, 3.8) is 0 Å². The minimum absolute atomic E-state index is 0.00964. The lowest BCUT2D eigenvalue weighted by molar-refractivity contribution is 0.0929. The third-order valence-electron chi connectivity index (χ3n) is 2.87. The summed E-state index contributed by atoms with van der Waals surface area (Å²) in [4.78, 5) is 14.2. The molecule has 0 bridgehead atoms. The van der Waals surface area contributed by atoms with E-state index < -0.39 is 5.82 Å². The second-order valence-electron chi connectivity index (χ2n) is 5.89. The van der Waals surface area contributed by atoms with Crippen molar-refractivity contribution in [1.82, 2.24) is 10.2 Å². The Labute approximate surface area is 119 Å². The highest BCUT2D eigenvalue weighted by atomic mass is 19.1. The van der Waals surface area contributed by atoms with Crippen molar-refractivity contribution in [3.8, 4) is 0 Å². The molecule has 6 heteroatoms. The monoisotopic (exact) mass is 282 g/mol. The lowest BCUT2D eigenvalue weighted by atomic mass is 9.93. The highest BCUT2D eigenvalue weighted by Crippen LogP contribution is 2.19. The molecule has 0 aromatic heterocycles. The van der Waals surface area contributed by atoms with Gasteiger partial charge >= 0.3 is 0 Å². The maximum Gasteiger partial charge on any atom is 0.253 e. The lowest BCUT2D eigenvalue weighted by Gasteiger charge is -2.28. The van der Waals surface area contributed by atoms with E-state index in [1.165, 1.54) is 18.2 Å². The van der Waals surface area contributed by atoms with Crippen LogP contribution in [-0.2, 0) is 0 Å². The SMILES string of the molecule is CN(C)CC(C)(C)CNC(=O)c1cccc(F)c1NN. The van der Waals surface area contributed by atoms with E-state index in [2.05, 4.69) is 29.5 Å². The Kier molecular flexibility index (Phi) is 5.47. The van der Waals surface area contributed by atoms with Crippen LogP contribution in [0.25, 0.3) is 0 Å². The van der Waals surface area contributed by atoms with Crippen molar-refractivity contribution in [2.45, 2.75) is 13.8 Å². The average molecular weight is 282 g/mol. The Bertz CT molecular complexity index is 474. The van der Waals surface area contributed by atoms with Crippen LogP contribution in [0.4, 0.5) is 10.1 Å². The molecule has 112 valence electrons. The van der Waals surface area contributed by atoms with Crippen LogP contribution >= 0.6 is 0 Å². The predicted octanol–water partition coefficient (Wildman–Crippen LogP) is 1.43. The maximum atomic E-state index is 13.5. The fourth-order valence-corrected chi connectivity index (χ4v) is 2.19. The fraction of sp³-hybridized carbons (Fsp3) is 0.500. The van der Waals surface area contributed by atoms with Gasteiger partial charge in [-0.2, -0.15) is 0 Å². The van der Waals surface area contributed by atoms with Crippen LogP contribution in [0.15, 0.2) is 18.2 Å². The van der Waals surface area contributed by atoms with Crippen LogP contribution in [0.2, 0.25) is 0 Å². The molecule has 4 N–H and O–H groups in total. The summed E-state index contributed by atoms with van der Waals surface area (Å²) < 4.78 is 13.5. The molecule has 0 unspecified atom stereocenters. The molecule has 0 aliphatic rings. The standard InChI is InChI=1S/C14H23FN4O/c1-14(2,9-19(3)4)8-17-13(20)10-6-5-7-11(15)12(10)18-16/h5-7,18H,8-9,16H2,1-4H3,(H,17,20). The van der Waals surface area contributed by atoms with Gasteiger partial charge in [-0.15, -0.1) is 0 Å². The quantitative estimate of drug-likeness (QED) is 0.545. The second kappa shape index (κ2) is 6.67. The second-order valence-corrected chi connectivity index (χ2v) is 5.89. The number of carbonyl (C=O) groups excluding carboxylic acids is 1. The summed E-state index contributed by atoms with van der Waals surface area (Å²) in [6.07, 6.45) is 0. The Morgan fingerprint density at radius 2 is 2.05 bits per heavy atom. The molecule has 0 radical (unpaired) electrons. The maximum absolute atomic E-state index is 13.5. The number of nitrogens with one attached hydrogen (secondary N) is 2. The number of halogens is 1. The van der Waals surface area contributed by atoms with E-state index in [4.69, 9.17) is 5.84 Å². The van der Waals surface area contributed by atoms with Crippen molar-refractivity contribution < 1.29 is 9.18 Å². The number of nitrogen functional groups attached to an aromatic ring is 1. The van der Waals surface area contributed by atoms with Gasteiger partial charge in [-0.3, -0.25) is 10.6 Å². The van der Waals surface area contributed by atoms with Crippen molar-refractivity contribution >= 4 is 11.6 Å². The molecule has 0 spiro atoms. The van der Waals surface area contributed by atoms with Crippen LogP contribution in [0.3, 0.4) is 0 Å². The molecular weight excluding hydrogens is 259 g/mol. The largest absolute Gasteiger partial charge is 0.351 e. The summed E-state index contributed by atoms with van der Waals surface area (Å²) in [5, 5.41) is 2.82. The number of nitrogens with two attached hydrogens (primary N) is 1. The van der Waals surface area contributed by atoms with E-state index in [0.29, 0.717) is 6.54 Å². The molecule has 0 aliphatic heterocycles. The number of para-hydroxylation sites is 1. The number of rotatable bonds is 6. The van der Waals surface area contributed by atoms with Crippen molar-refractivity contribution in [1.29, 1.82) is 0 Å². The average Bonchev–Trinajstić information content (AvgIpc) is 2.34. The Morgan fingerprint density at radius 1 is 1.40 bits per heavy atom. The number of anilines is 1. The number of hydrogen-bond donors (Lipinski definition) is 3. The van der Waals surface area contributed by atoms with Gasteiger partial charge in [-0.1, -0.05) is 19.9 Å². The van der Waals surface area contributed by atoms with Gasteiger partial charge in [0.2, 0.25) is 0 Å². The minimum Gasteiger partial charge on any atom is -0.351 e. The van der Waals surface area contributed by atoms with Crippen LogP contribution in [-0.4, -0.2) is 38.0 Å². The molecule has 5 nitrogen and oxygen atoms in total. The number of nitrogens with zero attached hydrogens (tertiary/aromatic N) is 1. The van der Waals surface area contributed by atoms with Gasteiger partial charge < -0.3 is 15.6 Å². The van der Waals surface area contributed by atoms with E-state index in [1.807, 2.05) is 14.1 Å². The van der Waals surface area contributed by atoms with E-state index in [9.17, 15) is 9.18 Å². The summed E-state index contributed by atoms with van der Waals surface area (Å²) in [7, 11) is 3.96. The molecule has 0 saturated carbocycles. The number of amides is 1. The first-order chi connectivity index (χ1) is 9.26. The lowest BCUT2D eigenvalue weighted by Crippen LogP contribution is -2.40. The zero-order valence-electron chi connectivity index (χ0n) is 12.5. The summed E-state index contributed by atoms with van der Waals surface area (Å²) in [5.41, 5.74) is 2.36. The van der Waals surface area contributed by atoms with Gasteiger partial charge in [0.1, 0.15) is 5.82 Å². The number of hydrogen-bond acceptors (Lipinski definition) is 4. The van der Waals surface area contributed by atoms with Crippen LogP contribution in [0.1, 0.15) is 24.2 Å². The molecule has 0 saturated heterocycles.